The second-order valence-corrected chi connectivity index (χ2v) is 3.37. The number of methoxy groups -OCH3 is 1. The summed E-state index contributed by atoms with van der Waals surface area (Å²) in [7, 11) is 1.55. The van der Waals surface area contributed by atoms with Crippen molar-refractivity contribution in [3.05, 3.63) is 23.3 Å². The molecule has 3 nitrogen and oxygen atoms in total. The standard InChI is InChI=1S/C10H13NO2/c1-13-10-4-6-2-3-8(11)7(6)5-9(10)12/h4-5,8,12H,2-3,11H2,1H3. The van der Waals surface area contributed by atoms with Crippen LogP contribution in [0.2, 0.25) is 0 Å². The van der Waals surface area contributed by atoms with Crippen molar-refractivity contribution in [3.63, 3.8) is 0 Å². The van der Waals surface area contributed by atoms with Gasteiger partial charge in [-0.3, -0.25) is 0 Å². The highest BCUT2D eigenvalue weighted by molar-refractivity contribution is 5.49. The highest BCUT2D eigenvalue weighted by Gasteiger charge is 2.21. The second kappa shape index (κ2) is 2.92. The Bertz CT molecular complexity index is 336. The fourth-order valence-corrected chi connectivity index (χ4v) is 1.82. The predicted molar refractivity (Wildman–Crippen MR) is 49.9 cm³/mol. The highest BCUT2D eigenvalue weighted by Crippen LogP contribution is 2.37. The summed E-state index contributed by atoms with van der Waals surface area (Å²) in [4.78, 5) is 0. The van der Waals surface area contributed by atoms with E-state index in [9.17, 15) is 5.11 Å². The fraction of sp³-hybridized carbons (Fsp3) is 0.400. The summed E-state index contributed by atoms with van der Waals surface area (Å²) in [5.41, 5.74) is 8.11. The average molecular weight is 179 g/mol. The van der Waals surface area contributed by atoms with Crippen LogP contribution in [-0.4, -0.2) is 12.2 Å². The lowest BCUT2D eigenvalue weighted by molar-refractivity contribution is 0.372. The number of hydrogen-bond acceptors (Lipinski definition) is 3. The summed E-state index contributed by atoms with van der Waals surface area (Å²) >= 11 is 0. The van der Waals surface area contributed by atoms with Crippen molar-refractivity contribution >= 4 is 0 Å². The quantitative estimate of drug-likeness (QED) is 0.684. The minimum Gasteiger partial charge on any atom is -0.504 e. The first kappa shape index (κ1) is 8.38. The van der Waals surface area contributed by atoms with Gasteiger partial charge in [0.05, 0.1) is 7.11 Å². The van der Waals surface area contributed by atoms with Gasteiger partial charge in [-0.1, -0.05) is 0 Å². The molecule has 1 atom stereocenters. The van der Waals surface area contributed by atoms with Crippen LogP contribution in [0.5, 0.6) is 11.5 Å². The highest BCUT2D eigenvalue weighted by atomic mass is 16.5. The molecule has 0 amide bonds. The predicted octanol–water partition coefficient (Wildman–Crippen LogP) is 1.35. The largest absolute Gasteiger partial charge is 0.504 e. The Kier molecular flexibility index (Phi) is 1.88. The number of benzene rings is 1. The summed E-state index contributed by atoms with van der Waals surface area (Å²) in [6, 6.07) is 3.66. The summed E-state index contributed by atoms with van der Waals surface area (Å²) in [6.07, 6.45) is 1.94. The SMILES string of the molecule is COc1cc2c(cc1O)C(N)CC2. The number of nitrogens with two attached hydrogens (primary N) is 1. The molecule has 0 aromatic heterocycles. The third-order valence-electron chi connectivity index (χ3n) is 2.56. The number of phenolic OH excluding ortho intramolecular Hbond substituents is 1. The first-order chi connectivity index (χ1) is 6.22. The molecule has 3 N–H and O–H groups in total. The van der Waals surface area contributed by atoms with E-state index in [1.54, 1.807) is 13.2 Å². The normalized spacial score (nSPS) is 20.0. The molecule has 0 radical (unpaired) electrons. The van der Waals surface area contributed by atoms with E-state index in [0.29, 0.717) is 5.75 Å². The Morgan fingerprint density at radius 1 is 1.54 bits per heavy atom. The lowest BCUT2D eigenvalue weighted by atomic mass is 10.1. The number of aryl methyl sites for hydroxylation is 1. The van der Waals surface area contributed by atoms with Gasteiger partial charge in [0, 0.05) is 6.04 Å². The molecule has 0 spiro atoms. The molecule has 1 aliphatic carbocycles. The van der Waals surface area contributed by atoms with E-state index in [0.717, 1.165) is 18.4 Å². The summed E-state index contributed by atoms with van der Waals surface area (Å²) < 4.78 is 5.01. The van der Waals surface area contributed by atoms with Crippen LogP contribution in [0.1, 0.15) is 23.6 Å². The van der Waals surface area contributed by atoms with E-state index in [2.05, 4.69) is 0 Å². The number of rotatable bonds is 1. The zero-order chi connectivity index (χ0) is 9.42. The fourth-order valence-electron chi connectivity index (χ4n) is 1.82. The maximum atomic E-state index is 9.51. The van der Waals surface area contributed by atoms with Gasteiger partial charge in [0.1, 0.15) is 0 Å². The molecule has 0 bridgehead atoms. The Morgan fingerprint density at radius 2 is 2.31 bits per heavy atom. The van der Waals surface area contributed by atoms with Crippen LogP contribution in [0.4, 0.5) is 0 Å². The molecule has 1 aromatic rings. The second-order valence-electron chi connectivity index (χ2n) is 3.37. The Labute approximate surface area is 77.1 Å². The minimum atomic E-state index is 0.0757. The van der Waals surface area contributed by atoms with Gasteiger partial charge < -0.3 is 15.6 Å². The van der Waals surface area contributed by atoms with Crippen molar-refractivity contribution in [1.82, 2.24) is 0 Å². The minimum absolute atomic E-state index is 0.0757. The molecule has 0 fully saturated rings. The molecule has 13 heavy (non-hydrogen) atoms. The van der Waals surface area contributed by atoms with E-state index in [4.69, 9.17) is 10.5 Å². The molecule has 0 saturated carbocycles. The van der Waals surface area contributed by atoms with Gasteiger partial charge in [0.2, 0.25) is 0 Å². The van der Waals surface area contributed by atoms with Crippen LogP contribution in [0.25, 0.3) is 0 Å². The Hall–Kier alpha value is -1.22. The van der Waals surface area contributed by atoms with Crippen LogP contribution in [-0.2, 0) is 6.42 Å². The van der Waals surface area contributed by atoms with Crippen LogP contribution in [0.3, 0.4) is 0 Å². The maximum absolute atomic E-state index is 9.51. The zero-order valence-electron chi connectivity index (χ0n) is 7.58. The molecule has 1 unspecified atom stereocenters. The van der Waals surface area contributed by atoms with Gasteiger partial charge >= 0.3 is 0 Å². The van der Waals surface area contributed by atoms with Crippen molar-refractivity contribution in [2.24, 2.45) is 5.73 Å². The van der Waals surface area contributed by atoms with Gasteiger partial charge in [-0.25, -0.2) is 0 Å². The summed E-state index contributed by atoms with van der Waals surface area (Å²) in [5, 5.41) is 9.51. The van der Waals surface area contributed by atoms with Gasteiger partial charge in [-0.2, -0.15) is 0 Å². The molecular weight excluding hydrogens is 166 g/mol. The first-order valence-electron chi connectivity index (χ1n) is 4.37. The van der Waals surface area contributed by atoms with E-state index in [-0.39, 0.29) is 11.8 Å². The Balaban J connectivity index is 2.50. The van der Waals surface area contributed by atoms with Crippen molar-refractivity contribution in [2.45, 2.75) is 18.9 Å². The van der Waals surface area contributed by atoms with Gasteiger partial charge in [-0.15, -0.1) is 0 Å². The lowest BCUT2D eigenvalue weighted by Crippen LogP contribution is -2.04. The maximum Gasteiger partial charge on any atom is 0.160 e. The zero-order valence-corrected chi connectivity index (χ0v) is 7.58. The molecule has 1 aromatic carbocycles. The molecule has 0 aliphatic heterocycles. The van der Waals surface area contributed by atoms with Gasteiger partial charge in [0.25, 0.3) is 0 Å². The number of phenols is 1. The molecule has 0 heterocycles. The monoisotopic (exact) mass is 179 g/mol. The number of hydrogen-bond donors (Lipinski definition) is 2. The summed E-state index contributed by atoms with van der Waals surface area (Å²) in [5.74, 6) is 0.714. The number of fused-ring (bicyclic) bond motifs is 1. The van der Waals surface area contributed by atoms with E-state index >= 15 is 0 Å². The topological polar surface area (TPSA) is 55.5 Å². The van der Waals surface area contributed by atoms with Crippen LogP contribution >= 0.6 is 0 Å². The number of aromatic hydroxyl groups is 1. The van der Waals surface area contributed by atoms with Crippen molar-refractivity contribution in [1.29, 1.82) is 0 Å². The smallest absolute Gasteiger partial charge is 0.160 e. The van der Waals surface area contributed by atoms with E-state index < -0.39 is 0 Å². The molecule has 1 aliphatic rings. The van der Waals surface area contributed by atoms with Crippen molar-refractivity contribution < 1.29 is 9.84 Å². The van der Waals surface area contributed by atoms with Crippen LogP contribution in [0.15, 0.2) is 12.1 Å². The first-order valence-corrected chi connectivity index (χ1v) is 4.37. The molecular formula is C10H13NO2. The molecule has 70 valence electrons. The lowest BCUT2D eigenvalue weighted by Gasteiger charge is -2.08. The van der Waals surface area contributed by atoms with Crippen molar-refractivity contribution in [3.8, 4) is 11.5 Å². The van der Waals surface area contributed by atoms with Crippen LogP contribution in [0, 0.1) is 0 Å². The average Bonchev–Trinajstić information content (AvgIpc) is 2.47. The van der Waals surface area contributed by atoms with E-state index in [1.807, 2.05) is 6.07 Å². The molecule has 2 rings (SSSR count). The summed E-state index contributed by atoms with van der Waals surface area (Å²) in [6.45, 7) is 0. The van der Waals surface area contributed by atoms with Crippen molar-refractivity contribution in [2.75, 3.05) is 7.11 Å². The van der Waals surface area contributed by atoms with Crippen LogP contribution < -0.4 is 10.5 Å². The number of ether oxygens (including phenoxy) is 1. The van der Waals surface area contributed by atoms with E-state index in [1.165, 1.54) is 5.56 Å². The van der Waals surface area contributed by atoms with Gasteiger partial charge in [-0.05, 0) is 36.1 Å². The third kappa shape index (κ3) is 1.25. The Morgan fingerprint density at radius 3 is 3.00 bits per heavy atom. The third-order valence-corrected chi connectivity index (χ3v) is 2.56. The molecule has 0 saturated heterocycles. The molecule has 3 heteroatoms. The van der Waals surface area contributed by atoms with Gasteiger partial charge in [0.15, 0.2) is 11.5 Å².